The number of halogens is 1. The van der Waals surface area contributed by atoms with E-state index in [2.05, 4.69) is 63.4 Å². The molecule has 0 amide bonds. The average Bonchev–Trinajstić information content (AvgIpc) is 3.86. The zero-order chi connectivity index (χ0) is 41.2. The monoisotopic (exact) mass is 793 g/mol. The molecule has 14 atom stereocenters. The highest BCUT2D eigenvalue weighted by Gasteiger charge is 2.73. The number of aliphatic hydroxyl groups excluding tert-OH is 2. The molecule has 2 aromatic heterocycles. The highest BCUT2D eigenvalue weighted by molar-refractivity contribution is 5.88. The van der Waals surface area contributed by atoms with Crippen LogP contribution < -0.4 is 11.2 Å². The minimum atomic E-state index is -2.16. The number of aliphatic hydroxyl groups is 2. The molecule has 5 aliphatic carbocycles. The van der Waals surface area contributed by atoms with Gasteiger partial charge in [-0.3, -0.25) is 23.9 Å². The van der Waals surface area contributed by atoms with Gasteiger partial charge in [0.2, 0.25) is 5.72 Å². The second kappa shape index (κ2) is 13.3. The molecular weight excluding hydrogens is 733 g/mol. The van der Waals surface area contributed by atoms with Crippen molar-refractivity contribution in [1.29, 1.82) is 0 Å². The van der Waals surface area contributed by atoms with E-state index in [0.29, 0.717) is 29.9 Å². The number of allylic oxidation sites excluding steroid dienone is 1. The van der Waals surface area contributed by atoms with Crippen molar-refractivity contribution in [1.82, 2.24) is 24.5 Å². The Hall–Kier alpha value is -3.49. The number of fused-ring (bicyclic) bond motifs is 7. The molecular formula is C43H60FN5O8. The number of ether oxygens (including phenoxy) is 2. The van der Waals surface area contributed by atoms with Gasteiger partial charge >= 0.3 is 11.7 Å². The summed E-state index contributed by atoms with van der Waals surface area (Å²) < 4.78 is 29.0. The Balaban J connectivity index is 1.08. The number of H-pyrrole nitrogens is 1. The average molecular weight is 794 g/mol. The SMILES string of the molecule is C=C(C)[C@@H]1CC[C@]2(C(=O)OC)CC[C@]3(C)[C@H](CC[C@@H]4[C@@]5(C)C[C@@H](Cc6cn([C@]7(CO)O[C@@H](n8ccc(=O)[nH]c8=O)[C@@H](F)[C@@H]7O)nn6)C(=O)C(C)(C)[C@@H]5CC[C@]43C)[C@@H]12. The van der Waals surface area contributed by atoms with Crippen LogP contribution in [0.1, 0.15) is 111 Å². The first-order chi connectivity index (χ1) is 26.8. The van der Waals surface area contributed by atoms with Gasteiger partial charge in [0.25, 0.3) is 5.56 Å². The second-order valence-electron chi connectivity index (χ2n) is 20.1. The third-order valence-electron chi connectivity index (χ3n) is 17.6. The summed E-state index contributed by atoms with van der Waals surface area (Å²) in [6.07, 6.45) is 5.34. The van der Waals surface area contributed by atoms with E-state index in [4.69, 9.17) is 9.47 Å². The van der Waals surface area contributed by atoms with Crippen LogP contribution in [0.15, 0.2) is 40.2 Å². The first-order valence-corrected chi connectivity index (χ1v) is 20.9. The highest BCUT2D eigenvalue weighted by Crippen LogP contribution is 2.77. The summed E-state index contributed by atoms with van der Waals surface area (Å²) in [5.74, 6) is 1.12. The van der Waals surface area contributed by atoms with Gasteiger partial charge in [0, 0.05) is 30.0 Å². The van der Waals surface area contributed by atoms with Crippen LogP contribution in [0.2, 0.25) is 0 Å². The van der Waals surface area contributed by atoms with Gasteiger partial charge in [0.05, 0.1) is 31.0 Å². The summed E-state index contributed by atoms with van der Waals surface area (Å²) in [4.78, 5) is 54.4. The maximum Gasteiger partial charge on any atom is 0.330 e. The number of hydrogen-bond donors (Lipinski definition) is 3. The maximum absolute atomic E-state index is 15.6. The first kappa shape index (κ1) is 40.3. The van der Waals surface area contributed by atoms with Crippen LogP contribution in [-0.4, -0.2) is 72.5 Å². The Morgan fingerprint density at radius 2 is 1.79 bits per heavy atom. The van der Waals surface area contributed by atoms with Crippen LogP contribution in [0, 0.1) is 62.6 Å². The fourth-order valence-electron chi connectivity index (χ4n) is 14.8. The smallest absolute Gasteiger partial charge is 0.330 e. The normalized spacial score (nSPS) is 44.7. The highest BCUT2D eigenvalue weighted by atomic mass is 19.1. The molecule has 6 fully saturated rings. The topological polar surface area (TPSA) is 179 Å². The number of rotatable bonds is 7. The summed E-state index contributed by atoms with van der Waals surface area (Å²) >= 11 is 0. The van der Waals surface area contributed by atoms with Gasteiger partial charge in [0.1, 0.15) is 11.9 Å². The van der Waals surface area contributed by atoms with Crippen molar-refractivity contribution < 1.29 is 33.7 Å². The largest absolute Gasteiger partial charge is 0.469 e. The van der Waals surface area contributed by atoms with E-state index in [1.165, 1.54) is 13.3 Å². The van der Waals surface area contributed by atoms with Gasteiger partial charge in [-0.2, -0.15) is 0 Å². The number of hydrogen-bond acceptors (Lipinski definition) is 10. The number of Topliss-reactive ketones (excluding diaryl/α,β-unsaturated/α-hetero) is 1. The van der Waals surface area contributed by atoms with Gasteiger partial charge in [-0.15, -0.1) is 5.10 Å². The van der Waals surface area contributed by atoms with E-state index in [1.54, 1.807) is 0 Å². The number of esters is 1. The van der Waals surface area contributed by atoms with E-state index in [0.717, 1.165) is 78.5 Å². The first-order valence-electron chi connectivity index (χ1n) is 20.9. The zero-order valence-electron chi connectivity index (χ0n) is 34.4. The minimum Gasteiger partial charge on any atom is -0.469 e. The Kier molecular flexibility index (Phi) is 9.37. The second-order valence-corrected chi connectivity index (χ2v) is 20.1. The number of methoxy groups -OCH3 is 1. The molecule has 14 heteroatoms. The van der Waals surface area contributed by atoms with E-state index < -0.39 is 52.9 Å². The summed E-state index contributed by atoms with van der Waals surface area (Å²) in [5.41, 5.74) is -3.41. The van der Waals surface area contributed by atoms with Crippen LogP contribution in [0.25, 0.3) is 0 Å². The lowest BCUT2D eigenvalue weighted by Gasteiger charge is -2.72. The van der Waals surface area contributed by atoms with Gasteiger partial charge in [-0.05, 0) is 111 Å². The number of aromatic amines is 1. The molecule has 0 spiro atoms. The predicted molar refractivity (Wildman–Crippen MR) is 206 cm³/mol. The van der Waals surface area contributed by atoms with Crippen LogP contribution >= 0.6 is 0 Å². The zero-order valence-corrected chi connectivity index (χ0v) is 34.4. The predicted octanol–water partition coefficient (Wildman–Crippen LogP) is 4.87. The van der Waals surface area contributed by atoms with E-state index in [-0.39, 0.29) is 52.2 Å². The van der Waals surface area contributed by atoms with Crippen molar-refractivity contribution in [2.75, 3.05) is 13.7 Å². The van der Waals surface area contributed by atoms with Crippen molar-refractivity contribution in [3.8, 4) is 0 Å². The van der Waals surface area contributed by atoms with E-state index in [1.807, 2.05) is 0 Å². The molecule has 0 aromatic carbocycles. The van der Waals surface area contributed by atoms with Crippen LogP contribution in [-0.2, 0) is 31.2 Å². The van der Waals surface area contributed by atoms with Gasteiger partial charge < -0.3 is 19.7 Å². The number of carbonyl (C=O) groups is 2. The standard InChI is InChI=1S/C43H60FN5O8/c1-23(2)26-11-15-42(36(54)56-8)17-16-40(6)27(31(26)42)9-10-29-39(5)20-24(33(52)38(3,4)28(39)12-14-41(29,40)7)19-25-21-49(47-46-25)43(22-50)34(53)32(44)35(57-43)48-18-13-30(51)45-37(48)55/h13,18,21,24,26-29,31-32,34-35,50,53H,1,9-12,14-17,19-20,22H2,2-8H3,(H,45,51,55)/t24-,26+,27-,28+,29-,31-,32+,34+,35-,39+,40-,41-,42+,43-/m1/s1. The lowest BCUT2D eigenvalue weighted by molar-refractivity contribution is -0.239. The molecule has 0 unspecified atom stereocenters. The quantitative estimate of drug-likeness (QED) is 0.259. The number of nitrogens with zero attached hydrogens (tertiary/aromatic N) is 4. The fraction of sp³-hybridized carbons (Fsp3) is 0.767. The number of alkyl halides is 1. The number of ketones is 1. The van der Waals surface area contributed by atoms with Crippen molar-refractivity contribution in [3.63, 3.8) is 0 Å². The van der Waals surface area contributed by atoms with Crippen molar-refractivity contribution >= 4 is 11.8 Å². The summed E-state index contributed by atoms with van der Waals surface area (Å²) in [6.45, 7) is 17.3. The Labute approximate surface area is 332 Å². The van der Waals surface area contributed by atoms with Crippen LogP contribution in [0.3, 0.4) is 0 Å². The molecule has 3 N–H and O–H groups in total. The third-order valence-corrected chi connectivity index (χ3v) is 17.6. The van der Waals surface area contributed by atoms with Crippen molar-refractivity contribution in [2.24, 2.45) is 62.6 Å². The molecule has 0 bridgehead atoms. The number of nitrogens with one attached hydrogen (secondary N) is 1. The Morgan fingerprint density at radius 1 is 1.05 bits per heavy atom. The minimum absolute atomic E-state index is 0.0129. The maximum atomic E-state index is 15.6. The Morgan fingerprint density at radius 3 is 2.46 bits per heavy atom. The fourth-order valence-corrected chi connectivity index (χ4v) is 14.8. The van der Waals surface area contributed by atoms with Crippen LogP contribution in [0.5, 0.6) is 0 Å². The van der Waals surface area contributed by atoms with E-state index in [9.17, 15) is 29.4 Å². The summed E-state index contributed by atoms with van der Waals surface area (Å²) in [6, 6.07) is 1.03. The van der Waals surface area contributed by atoms with Crippen molar-refractivity contribution in [3.05, 3.63) is 57.1 Å². The molecule has 3 heterocycles. The molecule has 5 saturated carbocycles. The lowest BCUT2D eigenvalue weighted by Crippen LogP contribution is -2.67. The molecule has 57 heavy (non-hydrogen) atoms. The van der Waals surface area contributed by atoms with Gasteiger partial charge in [-0.25, -0.2) is 13.9 Å². The molecule has 6 aliphatic rings. The third kappa shape index (κ3) is 5.33. The number of aromatic nitrogens is 5. The molecule has 2 aromatic rings. The van der Waals surface area contributed by atoms with Crippen LogP contribution in [0.4, 0.5) is 4.39 Å². The summed E-state index contributed by atoms with van der Waals surface area (Å²) in [5, 5.41) is 30.2. The molecule has 1 saturated heterocycles. The molecule has 1 aliphatic heterocycles. The molecule has 13 nitrogen and oxygen atoms in total. The molecule has 8 rings (SSSR count). The summed E-state index contributed by atoms with van der Waals surface area (Å²) in [7, 11) is 1.53. The van der Waals surface area contributed by atoms with Gasteiger partial charge in [0.15, 0.2) is 12.4 Å². The number of carbonyl (C=O) groups excluding carboxylic acids is 2. The molecule has 0 radical (unpaired) electrons. The molecule has 312 valence electrons. The van der Waals surface area contributed by atoms with Gasteiger partial charge in [-0.1, -0.05) is 52.0 Å². The van der Waals surface area contributed by atoms with E-state index >= 15 is 4.39 Å². The lowest BCUT2D eigenvalue weighted by atomic mass is 9.32. The Bertz CT molecular complexity index is 2100. The van der Waals surface area contributed by atoms with Crippen molar-refractivity contribution in [2.45, 2.75) is 130 Å².